The van der Waals surface area contributed by atoms with Crippen molar-refractivity contribution < 1.29 is 9.59 Å². The first-order chi connectivity index (χ1) is 14.5. The molecule has 2 saturated heterocycles. The van der Waals surface area contributed by atoms with E-state index in [9.17, 15) is 9.59 Å². The maximum absolute atomic E-state index is 13.3. The Morgan fingerprint density at radius 2 is 1.97 bits per heavy atom. The number of thiazole rings is 1. The molecule has 2 aliphatic heterocycles. The van der Waals surface area contributed by atoms with Gasteiger partial charge in [0.2, 0.25) is 0 Å². The van der Waals surface area contributed by atoms with Crippen LogP contribution in [0.5, 0.6) is 0 Å². The monoisotopic (exact) mass is 441 g/mol. The van der Waals surface area contributed by atoms with Gasteiger partial charge >= 0.3 is 0 Å². The summed E-state index contributed by atoms with van der Waals surface area (Å²) in [5.74, 6) is -0.303. The van der Waals surface area contributed by atoms with Crippen LogP contribution in [0.15, 0.2) is 18.3 Å². The number of aromatic nitrogens is 2. The zero-order chi connectivity index (χ0) is 20.8. The summed E-state index contributed by atoms with van der Waals surface area (Å²) in [6.45, 7) is 5.19. The molecule has 3 aromatic heterocycles. The second-order valence-corrected chi connectivity index (χ2v) is 9.88. The predicted octanol–water partition coefficient (Wildman–Crippen LogP) is 3.39. The first-order valence-corrected chi connectivity index (χ1v) is 11.8. The number of carbonyl (C=O) groups is 2. The normalized spacial score (nSPS) is 19.2. The third kappa shape index (κ3) is 3.26. The van der Waals surface area contributed by atoms with Gasteiger partial charge < -0.3 is 15.5 Å². The lowest BCUT2D eigenvalue weighted by Gasteiger charge is -2.16. The van der Waals surface area contributed by atoms with Gasteiger partial charge in [-0.05, 0) is 37.8 Å². The number of amides is 2. The Morgan fingerprint density at radius 3 is 2.73 bits per heavy atom. The van der Waals surface area contributed by atoms with E-state index in [1.54, 1.807) is 6.20 Å². The van der Waals surface area contributed by atoms with E-state index >= 15 is 0 Å². The fourth-order valence-corrected chi connectivity index (χ4v) is 6.66. The molecule has 0 unspecified atom stereocenters. The molecule has 30 heavy (non-hydrogen) atoms. The van der Waals surface area contributed by atoms with Crippen molar-refractivity contribution in [3.8, 4) is 0 Å². The zero-order valence-electron chi connectivity index (χ0n) is 16.8. The summed E-state index contributed by atoms with van der Waals surface area (Å²) in [6, 6.07) is 3.86. The Kier molecular flexibility index (Phi) is 4.94. The van der Waals surface area contributed by atoms with Gasteiger partial charge in [-0.3, -0.25) is 9.59 Å². The van der Waals surface area contributed by atoms with E-state index in [0.717, 1.165) is 51.0 Å². The molecular formula is C21H23N5O2S2. The number of primary amides is 1. The standard InChI is InChI=1S/C21H23N5O2S2/c1-12-16(30-21(24-12)25-8-2-3-9-25)20(28)26-10-6-13(11-26)15-14-5-4-7-23-19(14)29-17(15)18(22)27/h4-5,7,13H,2-3,6,8-11H2,1H3,(H2,22,27)/t13-/m0/s1. The lowest BCUT2D eigenvalue weighted by molar-refractivity contribution is 0.0794. The fraction of sp³-hybridized carbons (Fsp3) is 0.429. The molecule has 1 atom stereocenters. The number of likely N-dealkylation sites (tertiary alicyclic amines) is 1. The zero-order valence-corrected chi connectivity index (χ0v) is 18.4. The minimum absolute atomic E-state index is 0.0382. The van der Waals surface area contributed by atoms with Crippen molar-refractivity contribution in [2.45, 2.75) is 32.1 Å². The molecule has 0 spiro atoms. The Balaban J connectivity index is 1.40. The van der Waals surface area contributed by atoms with E-state index in [-0.39, 0.29) is 11.8 Å². The van der Waals surface area contributed by atoms with E-state index < -0.39 is 5.91 Å². The fourth-order valence-electron chi connectivity index (χ4n) is 4.49. The molecule has 3 aromatic rings. The van der Waals surface area contributed by atoms with Crippen LogP contribution in [-0.4, -0.2) is 52.9 Å². The average molecular weight is 442 g/mol. The molecule has 156 valence electrons. The van der Waals surface area contributed by atoms with Crippen molar-refractivity contribution in [1.82, 2.24) is 14.9 Å². The molecule has 0 aromatic carbocycles. The molecule has 0 radical (unpaired) electrons. The van der Waals surface area contributed by atoms with Crippen LogP contribution >= 0.6 is 22.7 Å². The van der Waals surface area contributed by atoms with Gasteiger partial charge in [0.1, 0.15) is 9.71 Å². The van der Waals surface area contributed by atoms with Gasteiger partial charge in [0, 0.05) is 43.7 Å². The number of anilines is 1. The Morgan fingerprint density at radius 1 is 1.17 bits per heavy atom. The highest BCUT2D eigenvalue weighted by molar-refractivity contribution is 7.20. The molecule has 2 fully saturated rings. The average Bonchev–Trinajstić information content (AvgIpc) is 3.51. The van der Waals surface area contributed by atoms with Crippen LogP contribution in [0.4, 0.5) is 5.13 Å². The second-order valence-electron chi connectivity index (χ2n) is 7.91. The van der Waals surface area contributed by atoms with E-state index in [4.69, 9.17) is 5.73 Å². The highest BCUT2D eigenvalue weighted by Crippen LogP contribution is 2.40. The molecule has 5 rings (SSSR count). The number of thiophene rings is 1. The lowest BCUT2D eigenvalue weighted by atomic mass is 9.95. The van der Waals surface area contributed by atoms with Crippen molar-refractivity contribution in [2.24, 2.45) is 5.73 Å². The molecule has 2 N–H and O–H groups in total. The minimum atomic E-state index is -0.425. The molecule has 7 nitrogen and oxygen atoms in total. The topological polar surface area (TPSA) is 92.4 Å². The van der Waals surface area contributed by atoms with Crippen molar-refractivity contribution in [3.63, 3.8) is 0 Å². The minimum Gasteiger partial charge on any atom is -0.365 e. The summed E-state index contributed by atoms with van der Waals surface area (Å²) in [5, 5.41) is 1.93. The highest BCUT2D eigenvalue weighted by Gasteiger charge is 2.34. The summed E-state index contributed by atoms with van der Waals surface area (Å²) in [4.78, 5) is 40.7. The van der Waals surface area contributed by atoms with Crippen LogP contribution in [0.25, 0.3) is 10.2 Å². The number of nitrogens with zero attached hydrogens (tertiary/aromatic N) is 4. The molecule has 0 bridgehead atoms. The van der Waals surface area contributed by atoms with Gasteiger partial charge in [0.25, 0.3) is 11.8 Å². The number of pyridine rings is 1. The number of rotatable bonds is 4. The largest absolute Gasteiger partial charge is 0.365 e. The maximum atomic E-state index is 13.3. The van der Waals surface area contributed by atoms with Crippen LogP contribution in [0.1, 0.15) is 55.8 Å². The Hall–Kier alpha value is -2.52. The first kappa shape index (κ1) is 19.4. The van der Waals surface area contributed by atoms with E-state index in [2.05, 4.69) is 14.9 Å². The van der Waals surface area contributed by atoms with Gasteiger partial charge in [-0.25, -0.2) is 9.97 Å². The third-order valence-electron chi connectivity index (χ3n) is 5.97. The summed E-state index contributed by atoms with van der Waals surface area (Å²) in [6.07, 6.45) is 4.90. The molecule has 0 saturated carbocycles. The molecule has 5 heterocycles. The number of aryl methyl sites for hydroxylation is 1. The Bertz CT molecular complexity index is 1130. The molecule has 2 aliphatic rings. The summed E-state index contributed by atoms with van der Waals surface area (Å²) < 4.78 is 0. The SMILES string of the molecule is Cc1nc(N2CCCC2)sc1C(=O)N1CC[C@H](c2c(C(N)=O)sc3ncccc23)C1. The molecule has 0 aliphatic carbocycles. The van der Waals surface area contributed by atoms with Crippen LogP contribution in [-0.2, 0) is 0 Å². The van der Waals surface area contributed by atoms with E-state index in [0.29, 0.717) is 18.0 Å². The number of carbonyl (C=O) groups excluding carboxylic acids is 2. The third-order valence-corrected chi connectivity index (χ3v) is 8.32. The first-order valence-electron chi connectivity index (χ1n) is 10.2. The number of nitrogens with two attached hydrogens (primary N) is 1. The number of fused-ring (bicyclic) bond motifs is 1. The number of hydrogen-bond acceptors (Lipinski definition) is 7. The van der Waals surface area contributed by atoms with Crippen LogP contribution in [0.2, 0.25) is 0 Å². The number of hydrogen-bond donors (Lipinski definition) is 1. The molecular weight excluding hydrogens is 418 g/mol. The van der Waals surface area contributed by atoms with Gasteiger partial charge in [-0.2, -0.15) is 0 Å². The van der Waals surface area contributed by atoms with Crippen molar-refractivity contribution in [3.05, 3.63) is 39.3 Å². The van der Waals surface area contributed by atoms with E-state index in [1.807, 2.05) is 24.0 Å². The Labute approximate surface area is 182 Å². The smallest absolute Gasteiger partial charge is 0.265 e. The van der Waals surface area contributed by atoms with Crippen molar-refractivity contribution >= 4 is 49.8 Å². The van der Waals surface area contributed by atoms with Crippen molar-refractivity contribution in [1.29, 1.82) is 0 Å². The highest BCUT2D eigenvalue weighted by atomic mass is 32.1. The maximum Gasteiger partial charge on any atom is 0.265 e. The van der Waals surface area contributed by atoms with Gasteiger partial charge in [-0.1, -0.05) is 17.4 Å². The lowest BCUT2D eigenvalue weighted by Crippen LogP contribution is -2.28. The van der Waals surface area contributed by atoms with Gasteiger partial charge in [-0.15, -0.1) is 11.3 Å². The molecule has 9 heteroatoms. The summed E-state index contributed by atoms with van der Waals surface area (Å²) in [7, 11) is 0. The predicted molar refractivity (Wildman–Crippen MR) is 120 cm³/mol. The van der Waals surface area contributed by atoms with Gasteiger partial charge in [0.15, 0.2) is 5.13 Å². The van der Waals surface area contributed by atoms with E-state index in [1.165, 1.54) is 35.5 Å². The second kappa shape index (κ2) is 7.63. The summed E-state index contributed by atoms with van der Waals surface area (Å²) in [5.41, 5.74) is 7.42. The van der Waals surface area contributed by atoms with Crippen molar-refractivity contribution in [2.75, 3.05) is 31.1 Å². The van der Waals surface area contributed by atoms with Crippen LogP contribution < -0.4 is 10.6 Å². The molecule has 2 amide bonds. The van der Waals surface area contributed by atoms with Crippen LogP contribution in [0, 0.1) is 6.92 Å². The van der Waals surface area contributed by atoms with Crippen LogP contribution in [0.3, 0.4) is 0 Å². The summed E-state index contributed by atoms with van der Waals surface area (Å²) >= 11 is 2.84. The van der Waals surface area contributed by atoms with Gasteiger partial charge in [0.05, 0.1) is 10.6 Å². The quantitative estimate of drug-likeness (QED) is 0.670.